The smallest absolute Gasteiger partial charge is 0.119 e. The van der Waals surface area contributed by atoms with Crippen LogP contribution in [0.25, 0.3) is 0 Å². The number of hydrogen-bond donors (Lipinski definition) is 2. The van der Waals surface area contributed by atoms with Crippen molar-refractivity contribution in [3.05, 3.63) is 42.0 Å². The van der Waals surface area contributed by atoms with Crippen molar-refractivity contribution in [1.82, 2.24) is 0 Å². The van der Waals surface area contributed by atoms with Crippen molar-refractivity contribution in [3.8, 4) is 5.75 Å². The van der Waals surface area contributed by atoms with Crippen LogP contribution < -0.4 is 5.73 Å². The average Bonchev–Trinajstić information content (AvgIpc) is 2.89. The summed E-state index contributed by atoms with van der Waals surface area (Å²) in [5, 5.41) is 9.56. The molecule has 1 aliphatic rings. The number of phenolic OH excluding ortho intramolecular Hbond substituents is 1. The number of aromatic hydroxyl groups is 1. The predicted molar refractivity (Wildman–Crippen MR) is 57.1 cm³/mol. The molecule has 3 N–H and O–H groups in total. The van der Waals surface area contributed by atoms with Crippen LogP contribution in [0.4, 0.5) is 0 Å². The molecule has 0 spiro atoms. The molecule has 0 bridgehead atoms. The summed E-state index contributed by atoms with van der Waals surface area (Å²) in [5.41, 5.74) is 8.00. The molecule has 0 amide bonds. The summed E-state index contributed by atoms with van der Waals surface area (Å²) in [4.78, 5) is 0. The quantitative estimate of drug-likeness (QED) is 0.715. The lowest BCUT2D eigenvalue weighted by atomic mass is 10.0. The van der Waals surface area contributed by atoms with Gasteiger partial charge in [-0.25, -0.2) is 0 Å². The zero-order valence-electron chi connectivity index (χ0n) is 8.16. The van der Waals surface area contributed by atoms with Gasteiger partial charge in [-0.1, -0.05) is 12.1 Å². The van der Waals surface area contributed by atoms with E-state index in [4.69, 9.17) is 5.73 Å². The van der Waals surface area contributed by atoms with Crippen LogP contribution >= 0.6 is 0 Å². The number of benzene rings is 1. The first-order valence-corrected chi connectivity index (χ1v) is 4.88. The molecule has 74 valence electrons. The van der Waals surface area contributed by atoms with Gasteiger partial charge in [0.2, 0.25) is 0 Å². The van der Waals surface area contributed by atoms with E-state index in [-0.39, 0.29) is 5.54 Å². The van der Waals surface area contributed by atoms with E-state index in [1.54, 1.807) is 12.1 Å². The SMILES string of the molecule is C=CCc1cc(C2(N)CC2)ccc1O. The second-order valence-electron chi connectivity index (χ2n) is 3.99. The Balaban J connectivity index is 2.35. The van der Waals surface area contributed by atoms with Crippen molar-refractivity contribution in [2.45, 2.75) is 24.8 Å². The molecule has 1 fully saturated rings. The van der Waals surface area contributed by atoms with Crippen LogP contribution in [0.1, 0.15) is 24.0 Å². The molecular formula is C12H15NO. The second kappa shape index (κ2) is 3.14. The molecule has 0 heterocycles. The minimum absolute atomic E-state index is 0.121. The Morgan fingerprint density at radius 3 is 2.79 bits per heavy atom. The molecule has 0 unspecified atom stereocenters. The highest BCUT2D eigenvalue weighted by Crippen LogP contribution is 2.43. The molecular weight excluding hydrogens is 174 g/mol. The van der Waals surface area contributed by atoms with Crippen LogP contribution in [-0.2, 0) is 12.0 Å². The first kappa shape index (κ1) is 9.28. The Hall–Kier alpha value is -1.28. The van der Waals surface area contributed by atoms with Crippen molar-refractivity contribution in [3.63, 3.8) is 0 Å². The average molecular weight is 189 g/mol. The van der Waals surface area contributed by atoms with Crippen LogP contribution in [0.5, 0.6) is 5.75 Å². The van der Waals surface area contributed by atoms with Gasteiger partial charge in [-0.15, -0.1) is 6.58 Å². The van der Waals surface area contributed by atoms with E-state index < -0.39 is 0 Å². The maximum Gasteiger partial charge on any atom is 0.119 e. The van der Waals surface area contributed by atoms with Gasteiger partial charge in [0.1, 0.15) is 5.75 Å². The third kappa shape index (κ3) is 1.53. The maximum atomic E-state index is 9.56. The van der Waals surface area contributed by atoms with Gasteiger partial charge in [-0.2, -0.15) is 0 Å². The minimum atomic E-state index is -0.121. The minimum Gasteiger partial charge on any atom is -0.508 e. The lowest BCUT2D eigenvalue weighted by Crippen LogP contribution is -2.18. The van der Waals surface area contributed by atoms with Gasteiger partial charge in [0.15, 0.2) is 0 Å². The van der Waals surface area contributed by atoms with E-state index in [1.165, 1.54) is 0 Å². The molecule has 1 aromatic carbocycles. The molecule has 1 aromatic rings. The summed E-state index contributed by atoms with van der Waals surface area (Å²) < 4.78 is 0. The monoisotopic (exact) mass is 189 g/mol. The van der Waals surface area contributed by atoms with Crippen molar-refractivity contribution >= 4 is 0 Å². The highest BCUT2D eigenvalue weighted by Gasteiger charge is 2.40. The van der Waals surface area contributed by atoms with Crippen molar-refractivity contribution < 1.29 is 5.11 Å². The molecule has 0 aliphatic heterocycles. The fourth-order valence-corrected chi connectivity index (χ4v) is 1.64. The Kier molecular flexibility index (Phi) is 2.08. The predicted octanol–water partition coefficient (Wildman–Crippen LogP) is 2.07. The summed E-state index contributed by atoms with van der Waals surface area (Å²) in [6, 6.07) is 5.63. The number of hydrogen-bond acceptors (Lipinski definition) is 2. The molecule has 2 nitrogen and oxygen atoms in total. The third-order valence-electron chi connectivity index (χ3n) is 2.81. The Bertz CT molecular complexity index is 367. The molecule has 0 aromatic heterocycles. The number of phenols is 1. The molecule has 1 aliphatic carbocycles. The van der Waals surface area contributed by atoms with Crippen LogP contribution in [-0.4, -0.2) is 5.11 Å². The van der Waals surface area contributed by atoms with Gasteiger partial charge >= 0.3 is 0 Å². The van der Waals surface area contributed by atoms with E-state index in [0.717, 1.165) is 24.0 Å². The summed E-state index contributed by atoms with van der Waals surface area (Å²) in [5.74, 6) is 0.331. The molecule has 0 atom stereocenters. The van der Waals surface area contributed by atoms with Crippen LogP contribution in [0.15, 0.2) is 30.9 Å². The van der Waals surface area contributed by atoms with E-state index in [9.17, 15) is 5.11 Å². The number of allylic oxidation sites excluding steroid dienone is 1. The summed E-state index contributed by atoms with van der Waals surface area (Å²) >= 11 is 0. The topological polar surface area (TPSA) is 46.2 Å². The van der Waals surface area contributed by atoms with Crippen molar-refractivity contribution in [1.29, 1.82) is 0 Å². The molecule has 2 heteroatoms. The van der Waals surface area contributed by atoms with Crippen LogP contribution in [0, 0.1) is 0 Å². The second-order valence-corrected chi connectivity index (χ2v) is 3.99. The zero-order chi connectivity index (χ0) is 10.2. The summed E-state index contributed by atoms with van der Waals surface area (Å²) in [6.07, 6.45) is 4.57. The van der Waals surface area contributed by atoms with Crippen LogP contribution in [0.2, 0.25) is 0 Å². The first-order chi connectivity index (χ1) is 6.65. The molecule has 2 rings (SSSR count). The van der Waals surface area contributed by atoms with Gasteiger partial charge in [0.25, 0.3) is 0 Å². The Morgan fingerprint density at radius 1 is 1.50 bits per heavy atom. The van der Waals surface area contributed by atoms with E-state index >= 15 is 0 Å². The van der Waals surface area contributed by atoms with Gasteiger partial charge in [0, 0.05) is 5.54 Å². The molecule has 1 saturated carbocycles. The highest BCUT2D eigenvalue weighted by atomic mass is 16.3. The molecule has 0 saturated heterocycles. The van der Waals surface area contributed by atoms with E-state index in [2.05, 4.69) is 6.58 Å². The maximum absolute atomic E-state index is 9.56. The third-order valence-corrected chi connectivity index (χ3v) is 2.81. The highest BCUT2D eigenvalue weighted by molar-refractivity contribution is 5.41. The lowest BCUT2D eigenvalue weighted by molar-refractivity contribution is 0.469. The zero-order valence-corrected chi connectivity index (χ0v) is 8.16. The summed E-state index contributed by atoms with van der Waals surface area (Å²) in [7, 11) is 0. The lowest BCUT2D eigenvalue weighted by Gasteiger charge is -2.11. The van der Waals surface area contributed by atoms with Crippen molar-refractivity contribution in [2.75, 3.05) is 0 Å². The number of rotatable bonds is 3. The molecule has 14 heavy (non-hydrogen) atoms. The van der Waals surface area contributed by atoms with Gasteiger partial charge in [0.05, 0.1) is 0 Å². The van der Waals surface area contributed by atoms with Gasteiger partial charge < -0.3 is 10.8 Å². The molecule has 0 radical (unpaired) electrons. The summed E-state index contributed by atoms with van der Waals surface area (Å²) in [6.45, 7) is 3.66. The van der Waals surface area contributed by atoms with E-state index in [0.29, 0.717) is 12.2 Å². The fraction of sp³-hybridized carbons (Fsp3) is 0.333. The van der Waals surface area contributed by atoms with Crippen molar-refractivity contribution in [2.24, 2.45) is 5.73 Å². The van der Waals surface area contributed by atoms with Gasteiger partial charge in [-0.3, -0.25) is 0 Å². The normalized spacial score (nSPS) is 17.8. The standard InChI is InChI=1S/C12H15NO/c1-2-3-9-8-10(4-5-11(9)14)12(13)6-7-12/h2,4-5,8,14H,1,3,6-7,13H2. The van der Waals surface area contributed by atoms with Gasteiger partial charge in [-0.05, 0) is 42.5 Å². The largest absolute Gasteiger partial charge is 0.508 e. The number of nitrogens with two attached hydrogens (primary N) is 1. The Morgan fingerprint density at radius 2 is 2.21 bits per heavy atom. The van der Waals surface area contributed by atoms with E-state index in [1.807, 2.05) is 12.1 Å². The first-order valence-electron chi connectivity index (χ1n) is 4.88. The van der Waals surface area contributed by atoms with Crippen LogP contribution in [0.3, 0.4) is 0 Å². The fourth-order valence-electron chi connectivity index (χ4n) is 1.64. The Labute approximate surface area is 84.1 Å².